The van der Waals surface area contributed by atoms with E-state index in [1.54, 1.807) is 19.3 Å². The van der Waals surface area contributed by atoms with Gasteiger partial charge in [0.05, 0.1) is 23.8 Å². The molecule has 0 spiro atoms. The van der Waals surface area contributed by atoms with Crippen molar-refractivity contribution in [3.8, 4) is 5.75 Å². The smallest absolute Gasteiger partial charge is 0.272 e. The molecule has 2 N–H and O–H groups in total. The van der Waals surface area contributed by atoms with E-state index >= 15 is 0 Å². The number of aromatic nitrogens is 1. The van der Waals surface area contributed by atoms with Gasteiger partial charge in [-0.05, 0) is 47.4 Å². The van der Waals surface area contributed by atoms with Crippen LogP contribution in [0, 0.1) is 0 Å². The van der Waals surface area contributed by atoms with Crippen molar-refractivity contribution < 1.29 is 9.53 Å². The molecule has 150 valence electrons. The van der Waals surface area contributed by atoms with Crippen LogP contribution >= 0.6 is 11.9 Å². The van der Waals surface area contributed by atoms with E-state index in [9.17, 15) is 4.79 Å². The van der Waals surface area contributed by atoms with Gasteiger partial charge in [-0.1, -0.05) is 45.0 Å². The second-order valence-corrected chi connectivity index (χ2v) is 7.53. The Morgan fingerprint density at radius 3 is 2.46 bits per heavy atom. The molecule has 1 aromatic heterocycles. The van der Waals surface area contributed by atoms with Crippen molar-refractivity contribution in [1.82, 2.24) is 4.57 Å². The highest BCUT2D eigenvalue weighted by Gasteiger charge is 2.18. The van der Waals surface area contributed by atoms with Gasteiger partial charge in [0.1, 0.15) is 5.69 Å². The predicted octanol–water partition coefficient (Wildman–Crippen LogP) is 3.87. The van der Waals surface area contributed by atoms with Crippen LogP contribution in [0.1, 0.15) is 42.7 Å². The van der Waals surface area contributed by atoms with E-state index in [2.05, 4.69) is 37.0 Å². The van der Waals surface area contributed by atoms with E-state index in [0.29, 0.717) is 23.0 Å². The molecule has 1 aromatic carbocycles. The maximum Gasteiger partial charge on any atom is 0.272 e. The molecule has 0 saturated carbocycles. The maximum absolute atomic E-state index is 13.1. The number of methoxy groups -OCH3 is 1. The van der Waals surface area contributed by atoms with Crippen molar-refractivity contribution in [1.29, 1.82) is 0 Å². The highest BCUT2D eigenvalue weighted by atomic mass is 32.2. The number of ether oxygens (including phenoxy) is 1. The first-order valence-electron chi connectivity index (χ1n) is 9.05. The van der Waals surface area contributed by atoms with E-state index in [1.807, 2.05) is 36.9 Å². The first kappa shape index (κ1) is 21.7. The van der Waals surface area contributed by atoms with E-state index in [1.165, 1.54) is 11.9 Å². The first-order valence-corrected chi connectivity index (χ1v) is 10.3. The van der Waals surface area contributed by atoms with Crippen molar-refractivity contribution in [3.05, 3.63) is 52.7 Å². The molecule has 0 aliphatic heterocycles. The van der Waals surface area contributed by atoms with Gasteiger partial charge in [-0.3, -0.25) is 4.79 Å². The van der Waals surface area contributed by atoms with Crippen LogP contribution < -0.4 is 25.3 Å². The van der Waals surface area contributed by atoms with E-state index in [0.717, 1.165) is 27.4 Å². The van der Waals surface area contributed by atoms with Crippen LogP contribution in [0.4, 0.5) is 11.4 Å². The molecule has 28 heavy (non-hydrogen) atoms. The van der Waals surface area contributed by atoms with Gasteiger partial charge in [-0.2, -0.15) is 0 Å². The number of rotatable bonds is 7. The number of carbonyl (C=O) groups is 1. The van der Waals surface area contributed by atoms with Gasteiger partial charge >= 0.3 is 0 Å². The van der Waals surface area contributed by atoms with Crippen LogP contribution in [0.25, 0.3) is 12.2 Å². The van der Waals surface area contributed by atoms with Gasteiger partial charge in [0, 0.05) is 13.3 Å². The Morgan fingerprint density at radius 2 is 1.93 bits per heavy atom. The number of hydrogen-bond acceptors (Lipinski definition) is 4. The molecule has 5 nitrogen and oxygen atoms in total. The zero-order valence-corrected chi connectivity index (χ0v) is 18.3. The Morgan fingerprint density at radius 1 is 1.29 bits per heavy atom. The Hall–Kier alpha value is -2.60. The van der Waals surface area contributed by atoms with Crippen molar-refractivity contribution in [2.24, 2.45) is 7.05 Å². The van der Waals surface area contributed by atoms with E-state index in [4.69, 9.17) is 4.74 Å². The van der Waals surface area contributed by atoms with Gasteiger partial charge in [0.15, 0.2) is 5.75 Å². The third-order valence-electron chi connectivity index (χ3n) is 4.67. The van der Waals surface area contributed by atoms with Crippen LogP contribution in [0.3, 0.4) is 0 Å². The molecule has 6 heteroatoms. The minimum atomic E-state index is -0.218. The molecule has 0 atom stereocenters. The Labute approximate surface area is 171 Å². The molecule has 0 aliphatic rings. The molecular formula is C22H29N3O2S. The minimum absolute atomic E-state index is 0.218. The topological polar surface area (TPSA) is 55.3 Å². The molecule has 1 heterocycles. The first-order chi connectivity index (χ1) is 13.2. The largest absolute Gasteiger partial charge is 0.492 e. The summed E-state index contributed by atoms with van der Waals surface area (Å²) in [6, 6.07) is 5.80. The zero-order valence-electron chi connectivity index (χ0n) is 17.5. The van der Waals surface area contributed by atoms with Gasteiger partial charge in [-0.15, -0.1) is 0 Å². The SMILES string of the molecule is C=C/C(C)=c1\c(=C)cc(C(=O)Nc2cc(C(C)C)cc(NSC)c2OC)n1C. The lowest BCUT2D eigenvalue weighted by atomic mass is 10.0. The number of carbonyl (C=O) groups excluding carboxylic acids is 1. The van der Waals surface area contributed by atoms with Crippen LogP contribution in [-0.4, -0.2) is 23.8 Å². The number of amides is 1. The number of nitrogens with zero attached hydrogens (tertiary/aromatic N) is 1. The second-order valence-electron chi connectivity index (χ2n) is 6.91. The van der Waals surface area contributed by atoms with Crippen molar-refractivity contribution >= 4 is 41.4 Å². The molecule has 0 unspecified atom stereocenters. The van der Waals surface area contributed by atoms with Crippen LogP contribution in [0.2, 0.25) is 0 Å². The molecule has 2 aromatic rings. The zero-order chi connectivity index (χ0) is 21.0. The summed E-state index contributed by atoms with van der Waals surface area (Å²) in [4.78, 5) is 13.1. The van der Waals surface area contributed by atoms with Crippen molar-refractivity contribution in [2.45, 2.75) is 26.7 Å². The fraction of sp³-hybridized carbons (Fsp3) is 0.318. The maximum atomic E-state index is 13.1. The van der Waals surface area contributed by atoms with Crippen LogP contribution in [0.15, 0.2) is 30.9 Å². The third-order valence-corrected chi connectivity index (χ3v) is 5.09. The van der Waals surface area contributed by atoms with E-state index in [-0.39, 0.29) is 5.91 Å². The van der Waals surface area contributed by atoms with Gasteiger partial charge in [0.2, 0.25) is 0 Å². The lowest BCUT2D eigenvalue weighted by molar-refractivity contribution is 0.101. The summed E-state index contributed by atoms with van der Waals surface area (Å²) in [5, 5.41) is 4.70. The van der Waals surface area contributed by atoms with Crippen molar-refractivity contribution in [2.75, 3.05) is 23.4 Å². The summed E-state index contributed by atoms with van der Waals surface area (Å²) < 4.78 is 10.7. The molecule has 1 amide bonds. The number of benzene rings is 1. The molecule has 2 rings (SSSR count). The normalized spacial score (nSPS) is 12.0. The third kappa shape index (κ3) is 4.28. The Balaban J connectivity index is 2.55. The summed E-state index contributed by atoms with van der Waals surface area (Å²) in [6.07, 6.45) is 3.71. The summed E-state index contributed by atoms with van der Waals surface area (Å²) in [7, 11) is 3.46. The standard InChI is InChI=1S/C22H29N3O2S/c1-9-14(4)20-15(5)10-19(25(20)6)22(26)23-17-11-16(13(2)3)12-18(24-28-8)21(17)27-7/h9-13,24H,1,5H2,2-4,6-8H3,(H,23,26)/b20-14+. The average Bonchev–Trinajstić information content (AvgIpc) is 2.95. The Kier molecular flexibility index (Phi) is 7.02. The quantitative estimate of drug-likeness (QED) is 0.694. The second kappa shape index (κ2) is 9.06. The van der Waals surface area contributed by atoms with Gasteiger partial charge in [0.25, 0.3) is 5.91 Å². The summed E-state index contributed by atoms with van der Waals surface area (Å²) in [6.45, 7) is 14.1. The number of nitrogens with one attached hydrogen (secondary N) is 2. The highest BCUT2D eigenvalue weighted by molar-refractivity contribution is 7.99. The van der Waals surface area contributed by atoms with E-state index < -0.39 is 0 Å². The molecule has 0 saturated heterocycles. The average molecular weight is 400 g/mol. The van der Waals surface area contributed by atoms with Crippen LogP contribution in [0.5, 0.6) is 5.75 Å². The molecule has 0 bridgehead atoms. The molecule has 0 radical (unpaired) electrons. The summed E-state index contributed by atoms with van der Waals surface area (Å²) in [5.74, 6) is 0.692. The lowest BCUT2D eigenvalue weighted by Gasteiger charge is -2.18. The number of hydrogen-bond donors (Lipinski definition) is 2. The number of anilines is 2. The predicted molar refractivity (Wildman–Crippen MR) is 122 cm³/mol. The summed E-state index contributed by atoms with van der Waals surface area (Å²) in [5.41, 5.74) is 4.06. The van der Waals surface area contributed by atoms with Gasteiger partial charge in [-0.25, -0.2) is 0 Å². The monoisotopic (exact) mass is 399 g/mol. The van der Waals surface area contributed by atoms with Gasteiger partial charge < -0.3 is 19.3 Å². The molecule has 0 fully saturated rings. The highest BCUT2D eigenvalue weighted by Crippen LogP contribution is 2.38. The Bertz CT molecular complexity index is 1010. The lowest BCUT2D eigenvalue weighted by Crippen LogP contribution is -2.29. The number of allylic oxidation sites excluding steroid dienone is 1. The fourth-order valence-electron chi connectivity index (χ4n) is 3.17. The molecule has 0 aliphatic carbocycles. The summed E-state index contributed by atoms with van der Waals surface area (Å²) >= 11 is 1.47. The van der Waals surface area contributed by atoms with Crippen LogP contribution in [-0.2, 0) is 7.05 Å². The van der Waals surface area contributed by atoms with Crippen molar-refractivity contribution in [3.63, 3.8) is 0 Å². The molecular weight excluding hydrogens is 370 g/mol. The minimum Gasteiger partial charge on any atom is -0.492 e. The fourth-order valence-corrected chi connectivity index (χ4v) is 3.54.